The first-order chi connectivity index (χ1) is 8.39. The number of nitrogens with two attached hydrogens (primary N) is 1. The van der Waals surface area contributed by atoms with E-state index in [2.05, 4.69) is 0 Å². The molecule has 0 fully saturated rings. The third kappa shape index (κ3) is 3.06. The van der Waals surface area contributed by atoms with Crippen molar-refractivity contribution in [1.29, 1.82) is 0 Å². The van der Waals surface area contributed by atoms with Crippen LogP contribution in [-0.2, 0) is 0 Å². The Morgan fingerprint density at radius 2 is 2.00 bits per heavy atom. The van der Waals surface area contributed by atoms with E-state index >= 15 is 0 Å². The van der Waals surface area contributed by atoms with Crippen LogP contribution in [0.4, 0.5) is 0 Å². The van der Waals surface area contributed by atoms with Gasteiger partial charge >= 0.3 is 0 Å². The molecular weight excluding hydrogens is 321 g/mol. The Labute approximate surface area is 137 Å². The van der Waals surface area contributed by atoms with Crippen LogP contribution in [0.25, 0.3) is 0 Å². The number of allylic oxidation sites excluding steroid dienone is 1. The highest BCUT2D eigenvalue weighted by Gasteiger charge is 2.48. The highest BCUT2D eigenvalue weighted by molar-refractivity contribution is 6.30. The van der Waals surface area contributed by atoms with Crippen LogP contribution in [-0.4, -0.2) is 35.4 Å². The lowest BCUT2D eigenvalue weighted by Gasteiger charge is -2.32. The molecule has 2 atom stereocenters. The topological polar surface area (TPSA) is 49.5 Å². The van der Waals surface area contributed by atoms with Gasteiger partial charge in [-0.05, 0) is 19.1 Å². The molecule has 0 spiro atoms. The molecular formula is C13H21Cl3N3O+. The number of rotatable bonds is 2. The smallest absolute Gasteiger partial charge is 0.225 e. The minimum atomic E-state index is -0.237. The van der Waals surface area contributed by atoms with Gasteiger partial charge in [0.25, 0.3) is 0 Å². The second-order valence-corrected chi connectivity index (χ2v) is 5.24. The van der Waals surface area contributed by atoms with Gasteiger partial charge in [-0.1, -0.05) is 23.7 Å². The summed E-state index contributed by atoms with van der Waals surface area (Å²) in [6.07, 6.45) is -0.206. The van der Waals surface area contributed by atoms with E-state index in [4.69, 9.17) is 17.3 Å². The maximum Gasteiger partial charge on any atom is 0.225 e. The van der Waals surface area contributed by atoms with Crippen LogP contribution in [0, 0.1) is 0 Å². The van der Waals surface area contributed by atoms with Crippen LogP contribution in [0.3, 0.4) is 0 Å². The maximum absolute atomic E-state index is 10.7. The quantitative estimate of drug-likeness (QED) is 0.812. The molecule has 3 N–H and O–H groups in total. The fraction of sp³-hybridized carbons (Fsp3) is 0.385. The van der Waals surface area contributed by atoms with E-state index in [1.54, 1.807) is 7.05 Å². The van der Waals surface area contributed by atoms with Crippen LogP contribution in [0.5, 0.6) is 0 Å². The minimum Gasteiger partial charge on any atom is -0.322 e. The molecule has 1 heterocycles. The van der Waals surface area contributed by atoms with Gasteiger partial charge in [-0.25, -0.2) is 5.21 Å². The molecule has 0 saturated carbocycles. The van der Waals surface area contributed by atoms with Gasteiger partial charge in [0, 0.05) is 17.6 Å². The van der Waals surface area contributed by atoms with Crippen molar-refractivity contribution in [3.05, 3.63) is 46.2 Å². The Bertz CT molecular complexity index is 505. The number of likely N-dealkylation sites (N-methyl/N-ethyl adjacent to an activating group) is 1. The van der Waals surface area contributed by atoms with Crippen molar-refractivity contribution in [2.75, 3.05) is 20.6 Å². The highest BCUT2D eigenvalue weighted by Crippen LogP contribution is 2.41. The third-order valence-electron chi connectivity index (χ3n) is 3.68. The van der Waals surface area contributed by atoms with Crippen LogP contribution in [0.15, 0.2) is 35.7 Å². The molecule has 7 heteroatoms. The highest BCUT2D eigenvalue weighted by atomic mass is 35.5. The van der Waals surface area contributed by atoms with E-state index in [0.717, 1.165) is 17.0 Å². The van der Waals surface area contributed by atoms with Gasteiger partial charge in [0.05, 0.1) is 12.2 Å². The molecule has 1 aromatic carbocycles. The summed E-state index contributed by atoms with van der Waals surface area (Å²) in [7, 11) is 3.71. The Morgan fingerprint density at radius 3 is 2.45 bits per heavy atom. The summed E-state index contributed by atoms with van der Waals surface area (Å²) in [5, 5.41) is 11.4. The lowest BCUT2D eigenvalue weighted by atomic mass is 10.1. The molecule has 2 rings (SSSR count). The first-order valence-electron chi connectivity index (χ1n) is 5.87. The van der Waals surface area contributed by atoms with Crippen molar-refractivity contribution < 1.29 is 9.85 Å². The molecule has 1 aliphatic heterocycles. The summed E-state index contributed by atoms with van der Waals surface area (Å²) in [5.41, 5.74) is 8.54. The summed E-state index contributed by atoms with van der Waals surface area (Å²) in [5.74, 6) is 0. The number of benzene rings is 1. The van der Waals surface area contributed by atoms with Crippen molar-refractivity contribution in [2.45, 2.75) is 13.1 Å². The SMILES string of the molecule is CC1=C(CN)[N+](C)(O)C(c2cccc(Cl)c2)N1C.Cl.Cl. The first-order valence-corrected chi connectivity index (χ1v) is 6.25. The third-order valence-corrected chi connectivity index (χ3v) is 3.91. The van der Waals surface area contributed by atoms with Crippen LogP contribution >= 0.6 is 36.4 Å². The standard InChI is InChI=1S/C13H19ClN3O.2ClH/c1-9-12(8-15)17(3,18)13(16(9)2)10-5-4-6-11(14)7-10;;/h4-7,13,18H,8,15H2,1-3H3;2*1H/q+1;;. The van der Waals surface area contributed by atoms with Gasteiger partial charge < -0.3 is 10.6 Å². The van der Waals surface area contributed by atoms with Gasteiger partial charge in [0.15, 0.2) is 5.70 Å². The number of hydrogen-bond donors (Lipinski definition) is 2. The fourth-order valence-electron chi connectivity index (χ4n) is 2.71. The molecule has 0 bridgehead atoms. The van der Waals surface area contributed by atoms with Crippen LogP contribution in [0.2, 0.25) is 5.02 Å². The summed E-state index contributed by atoms with van der Waals surface area (Å²) >= 11 is 6.03. The number of quaternary nitrogens is 1. The molecule has 1 aliphatic rings. The Balaban J connectivity index is 0.00000180. The summed E-state index contributed by atoms with van der Waals surface area (Å²) in [6.45, 7) is 2.31. The molecule has 4 nitrogen and oxygen atoms in total. The maximum atomic E-state index is 10.7. The first kappa shape index (κ1) is 19.5. The normalized spacial score (nSPS) is 25.3. The van der Waals surface area contributed by atoms with E-state index in [1.807, 2.05) is 43.1 Å². The fourth-order valence-corrected chi connectivity index (χ4v) is 2.91. The Hall–Kier alpha value is -0.490. The minimum absolute atomic E-state index is 0. The number of hydroxylamine groups is 3. The van der Waals surface area contributed by atoms with Crippen molar-refractivity contribution in [3.63, 3.8) is 0 Å². The average Bonchev–Trinajstić information content (AvgIpc) is 2.45. The second kappa shape index (κ2) is 6.98. The molecule has 0 aliphatic carbocycles. The lowest BCUT2D eigenvalue weighted by Crippen LogP contribution is -2.44. The summed E-state index contributed by atoms with van der Waals surface area (Å²) < 4.78 is -0.237. The Kier molecular flexibility index (Phi) is 6.81. The molecule has 20 heavy (non-hydrogen) atoms. The zero-order valence-electron chi connectivity index (χ0n) is 11.7. The zero-order chi connectivity index (χ0) is 13.5. The summed E-state index contributed by atoms with van der Waals surface area (Å²) in [4.78, 5) is 2.04. The number of nitrogens with zero attached hydrogens (tertiary/aromatic N) is 2. The van der Waals surface area contributed by atoms with E-state index in [-0.39, 0.29) is 35.6 Å². The van der Waals surface area contributed by atoms with Gasteiger partial charge in [-0.15, -0.1) is 29.5 Å². The lowest BCUT2D eigenvalue weighted by molar-refractivity contribution is -1.08. The molecule has 0 radical (unpaired) electrons. The predicted molar refractivity (Wildman–Crippen MR) is 86.2 cm³/mol. The van der Waals surface area contributed by atoms with Crippen molar-refractivity contribution in [3.8, 4) is 0 Å². The van der Waals surface area contributed by atoms with Gasteiger partial charge in [-0.3, -0.25) is 0 Å². The molecule has 0 saturated heterocycles. The van der Waals surface area contributed by atoms with Crippen LogP contribution in [0.1, 0.15) is 18.7 Å². The van der Waals surface area contributed by atoms with Gasteiger partial charge in [0.1, 0.15) is 7.05 Å². The second-order valence-electron chi connectivity index (χ2n) is 4.80. The van der Waals surface area contributed by atoms with Gasteiger partial charge in [0.2, 0.25) is 6.17 Å². The average molecular weight is 342 g/mol. The molecule has 1 aromatic rings. The number of halogens is 3. The van der Waals surface area contributed by atoms with E-state index < -0.39 is 0 Å². The largest absolute Gasteiger partial charge is 0.322 e. The Morgan fingerprint density at radius 1 is 1.40 bits per heavy atom. The van der Waals surface area contributed by atoms with Crippen molar-refractivity contribution >= 4 is 36.4 Å². The van der Waals surface area contributed by atoms with E-state index in [1.165, 1.54) is 0 Å². The molecule has 2 unspecified atom stereocenters. The molecule has 0 amide bonds. The number of hydrogen-bond acceptors (Lipinski definition) is 3. The zero-order valence-corrected chi connectivity index (χ0v) is 14.1. The molecule has 0 aromatic heterocycles. The monoisotopic (exact) mass is 340 g/mol. The predicted octanol–water partition coefficient (Wildman–Crippen LogP) is 3.15. The van der Waals surface area contributed by atoms with Crippen molar-refractivity contribution in [1.82, 2.24) is 4.90 Å². The van der Waals surface area contributed by atoms with Crippen LogP contribution < -0.4 is 5.73 Å². The summed E-state index contributed by atoms with van der Waals surface area (Å²) in [6, 6.07) is 7.56. The van der Waals surface area contributed by atoms with E-state index in [0.29, 0.717) is 11.6 Å². The van der Waals surface area contributed by atoms with E-state index in [9.17, 15) is 5.21 Å². The van der Waals surface area contributed by atoms with Gasteiger partial charge in [-0.2, -0.15) is 0 Å². The van der Waals surface area contributed by atoms with Crippen molar-refractivity contribution in [2.24, 2.45) is 5.73 Å². The molecule has 114 valence electrons.